The van der Waals surface area contributed by atoms with Crippen molar-refractivity contribution >= 4 is 5.69 Å². The summed E-state index contributed by atoms with van der Waals surface area (Å²) in [5.41, 5.74) is 1.52. The molecule has 0 aliphatic rings. The van der Waals surface area contributed by atoms with Crippen molar-refractivity contribution in [1.82, 2.24) is 10.1 Å². The minimum Gasteiger partial charge on any atom is -0.487 e. The minimum atomic E-state index is -2.50. The molecule has 1 N–H and O–H groups in total. The van der Waals surface area contributed by atoms with E-state index in [1.54, 1.807) is 26.0 Å². The molecule has 1 atom stereocenters. The van der Waals surface area contributed by atoms with Crippen LogP contribution >= 0.6 is 0 Å². The Morgan fingerprint density at radius 2 is 2.10 bits per heavy atom. The number of alkyl halides is 2. The summed E-state index contributed by atoms with van der Waals surface area (Å²) in [6, 6.07) is 5.12. The van der Waals surface area contributed by atoms with Crippen molar-refractivity contribution in [2.45, 2.75) is 33.2 Å². The molecule has 0 saturated carbocycles. The Morgan fingerprint density at radius 3 is 2.71 bits per heavy atom. The fraction of sp³-hybridized carbons (Fsp3) is 0.429. The Balaban J connectivity index is 2.07. The molecule has 0 fully saturated rings. The van der Waals surface area contributed by atoms with E-state index in [2.05, 4.69) is 15.5 Å². The second-order valence-corrected chi connectivity index (χ2v) is 4.73. The highest BCUT2D eigenvalue weighted by Gasteiger charge is 2.13. The van der Waals surface area contributed by atoms with Gasteiger partial charge in [0.2, 0.25) is 5.89 Å². The third-order valence-electron chi connectivity index (χ3n) is 2.85. The molecule has 0 aliphatic carbocycles. The summed E-state index contributed by atoms with van der Waals surface area (Å²) in [5.74, 6) is 1.45. The van der Waals surface area contributed by atoms with Gasteiger partial charge >= 0.3 is 0 Å². The van der Waals surface area contributed by atoms with Crippen LogP contribution < -0.4 is 10.1 Å². The fourth-order valence-corrected chi connectivity index (χ4v) is 1.80. The summed E-state index contributed by atoms with van der Waals surface area (Å²) < 4.78 is 34.6. The molecule has 1 heterocycles. The molecule has 0 spiro atoms. The van der Waals surface area contributed by atoms with Gasteiger partial charge in [0.15, 0.2) is 5.82 Å². The van der Waals surface area contributed by atoms with E-state index in [1.807, 2.05) is 13.0 Å². The SMILES string of the molecule is Cc1noc([C@H](C)Nc2ccc(C)c(OCC(F)F)c2)n1. The minimum absolute atomic E-state index is 0.197. The quantitative estimate of drug-likeness (QED) is 0.884. The van der Waals surface area contributed by atoms with Gasteiger partial charge in [-0.05, 0) is 32.4 Å². The zero-order valence-corrected chi connectivity index (χ0v) is 12.1. The molecule has 2 rings (SSSR count). The number of aromatic nitrogens is 2. The topological polar surface area (TPSA) is 60.2 Å². The van der Waals surface area contributed by atoms with Gasteiger partial charge in [0.1, 0.15) is 18.4 Å². The predicted octanol–water partition coefficient (Wildman–Crippen LogP) is 3.50. The lowest BCUT2D eigenvalue weighted by molar-refractivity contribution is 0.0816. The number of nitrogens with one attached hydrogen (secondary N) is 1. The monoisotopic (exact) mass is 297 g/mol. The summed E-state index contributed by atoms with van der Waals surface area (Å²) in [4.78, 5) is 4.14. The van der Waals surface area contributed by atoms with Crippen LogP contribution in [0.4, 0.5) is 14.5 Å². The molecule has 114 valence electrons. The average molecular weight is 297 g/mol. The first-order chi connectivity index (χ1) is 9.95. The summed E-state index contributed by atoms with van der Waals surface area (Å²) >= 11 is 0. The second kappa shape index (κ2) is 6.51. The van der Waals surface area contributed by atoms with Crippen LogP contribution in [-0.4, -0.2) is 23.2 Å². The van der Waals surface area contributed by atoms with E-state index in [0.29, 0.717) is 17.5 Å². The predicted molar refractivity (Wildman–Crippen MR) is 73.8 cm³/mol. The summed E-state index contributed by atoms with van der Waals surface area (Å²) in [7, 11) is 0. The number of anilines is 1. The molecule has 7 heteroatoms. The van der Waals surface area contributed by atoms with Crippen molar-refractivity contribution in [3.8, 4) is 5.75 Å². The highest BCUT2D eigenvalue weighted by atomic mass is 19.3. The third kappa shape index (κ3) is 4.14. The van der Waals surface area contributed by atoms with Crippen molar-refractivity contribution in [3.63, 3.8) is 0 Å². The zero-order valence-electron chi connectivity index (χ0n) is 12.1. The van der Waals surface area contributed by atoms with Crippen molar-refractivity contribution in [1.29, 1.82) is 0 Å². The molecule has 1 aromatic carbocycles. The van der Waals surface area contributed by atoms with Crippen molar-refractivity contribution in [2.24, 2.45) is 0 Å². The van der Waals surface area contributed by atoms with Gasteiger partial charge < -0.3 is 14.6 Å². The highest BCUT2D eigenvalue weighted by molar-refractivity contribution is 5.52. The van der Waals surface area contributed by atoms with Crippen LogP contribution in [0, 0.1) is 13.8 Å². The lowest BCUT2D eigenvalue weighted by Crippen LogP contribution is -2.09. The van der Waals surface area contributed by atoms with Crippen LogP contribution in [-0.2, 0) is 0 Å². The van der Waals surface area contributed by atoms with E-state index in [9.17, 15) is 8.78 Å². The zero-order chi connectivity index (χ0) is 15.4. The first kappa shape index (κ1) is 15.2. The van der Waals surface area contributed by atoms with Gasteiger partial charge in [-0.2, -0.15) is 4.98 Å². The summed E-state index contributed by atoms with van der Waals surface area (Å²) in [6.07, 6.45) is -2.50. The molecule has 0 amide bonds. The highest BCUT2D eigenvalue weighted by Crippen LogP contribution is 2.25. The lowest BCUT2D eigenvalue weighted by Gasteiger charge is -2.14. The Bertz CT molecular complexity index is 602. The molecule has 5 nitrogen and oxygen atoms in total. The normalized spacial score (nSPS) is 12.5. The molecular formula is C14H17F2N3O2. The first-order valence-corrected chi connectivity index (χ1v) is 6.54. The maximum atomic E-state index is 12.2. The van der Waals surface area contributed by atoms with Crippen LogP contribution in [0.25, 0.3) is 0 Å². The number of nitrogens with zero attached hydrogens (tertiary/aromatic N) is 2. The van der Waals surface area contributed by atoms with E-state index >= 15 is 0 Å². The standard InChI is InChI=1S/C14H17F2N3O2/c1-8-4-5-11(6-12(8)20-7-13(15)16)17-9(2)14-18-10(3)19-21-14/h4-6,9,13,17H,7H2,1-3H3/t9-/m0/s1. The Labute approximate surface area is 121 Å². The van der Waals surface area contributed by atoms with Gasteiger partial charge in [-0.25, -0.2) is 8.78 Å². The van der Waals surface area contributed by atoms with E-state index in [1.165, 1.54) is 0 Å². The smallest absolute Gasteiger partial charge is 0.272 e. The van der Waals surface area contributed by atoms with E-state index < -0.39 is 13.0 Å². The number of hydrogen-bond acceptors (Lipinski definition) is 5. The lowest BCUT2D eigenvalue weighted by atomic mass is 10.2. The van der Waals surface area contributed by atoms with Crippen molar-refractivity contribution < 1.29 is 18.0 Å². The van der Waals surface area contributed by atoms with Gasteiger partial charge in [0, 0.05) is 11.8 Å². The number of hydrogen-bond donors (Lipinski definition) is 1. The Kier molecular flexibility index (Phi) is 4.72. The van der Waals surface area contributed by atoms with Gasteiger partial charge in [-0.1, -0.05) is 11.2 Å². The van der Waals surface area contributed by atoms with Gasteiger partial charge in [-0.3, -0.25) is 0 Å². The number of rotatable bonds is 6. The van der Waals surface area contributed by atoms with Gasteiger partial charge in [-0.15, -0.1) is 0 Å². The van der Waals surface area contributed by atoms with Gasteiger partial charge in [0.05, 0.1) is 0 Å². The molecule has 21 heavy (non-hydrogen) atoms. The van der Waals surface area contributed by atoms with E-state index in [4.69, 9.17) is 9.26 Å². The molecule has 0 unspecified atom stereocenters. The maximum Gasteiger partial charge on any atom is 0.272 e. The van der Waals surface area contributed by atoms with Crippen LogP contribution in [0.3, 0.4) is 0 Å². The number of benzene rings is 1. The first-order valence-electron chi connectivity index (χ1n) is 6.54. The molecule has 0 saturated heterocycles. The van der Waals surface area contributed by atoms with E-state index in [0.717, 1.165) is 11.3 Å². The van der Waals surface area contributed by atoms with Crippen LogP contribution in [0.5, 0.6) is 5.75 Å². The summed E-state index contributed by atoms with van der Waals surface area (Å²) in [5, 5.41) is 6.89. The number of aryl methyl sites for hydroxylation is 2. The molecule has 0 bridgehead atoms. The van der Waals surface area contributed by atoms with Crippen molar-refractivity contribution in [3.05, 3.63) is 35.5 Å². The Hall–Kier alpha value is -2.18. The van der Waals surface area contributed by atoms with Crippen LogP contribution in [0.2, 0.25) is 0 Å². The third-order valence-corrected chi connectivity index (χ3v) is 2.85. The number of ether oxygens (including phenoxy) is 1. The summed E-state index contributed by atoms with van der Waals surface area (Å²) in [6.45, 7) is 4.78. The van der Waals surface area contributed by atoms with E-state index in [-0.39, 0.29) is 6.04 Å². The Morgan fingerprint density at radius 1 is 1.33 bits per heavy atom. The van der Waals surface area contributed by atoms with Crippen LogP contribution in [0.1, 0.15) is 30.2 Å². The van der Waals surface area contributed by atoms with Gasteiger partial charge in [0.25, 0.3) is 6.43 Å². The fourth-order valence-electron chi connectivity index (χ4n) is 1.80. The largest absolute Gasteiger partial charge is 0.487 e. The second-order valence-electron chi connectivity index (χ2n) is 4.73. The molecular weight excluding hydrogens is 280 g/mol. The van der Waals surface area contributed by atoms with Crippen molar-refractivity contribution in [2.75, 3.05) is 11.9 Å². The number of halogens is 2. The molecule has 2 aromatic rings. The average Bonchev–Trinajstić information content (AvgIpc) is 2.86. The van der Waals surface area contributed by atoms with Crippen LogP contribution in [0.15, 0.2) is 22.7 Å². The molecule has 0 aliphatic heterocycles. The molecule has 0 radical (unpaired) electrons. The maximum absolute atomic E-state index is 12.2. The molecule has 1 aromatic heterocycles.